The van der Waals surface area contributed by atoms with E-state index in [4.69, 9.17) is 18.9 Å². The highest BCUT2D eigenvalue weighted by atomic mass is 16.7. The number of ketones is 1. The predicted molar refractivity (Wildman–Crippen MR) is 101 cm³/mol. The monoisotopic (exact) mass is 395 g/mol. The van der Waals surface area contributed by atoms with Crippen molar-refractivity contribution in [3.8, 4) is 23.0 Å². The molecule has 0 bridgehead atoms. The molecule has 0 aromatic heterocycles. The van der Waals surface area contributed by atoms with Crippen molar-refractivity contribution >= 4 is 5.78 Å². The minimum absolute atomic E-state index is 0.0827. The number of aliphatic hydroxyl groups excluding tert-OH is 1. The van der Waals surface area contributed by atoms with Gasteiger partial charge in [0, 0.05) is 24.1 Å². The molecular weight excluding hydrogens is 374 g/mol. The molecule has 0 fully saturated rings. The van der Waals surface area contributed by atoms with Crippen LogP contribution < -0.4 is 18.9 Å². The van der Waals surface area contributed by atoms with Crippen molar-refractivity contribution in [1.29, 1.82) is 0 Å². The van der Waals surface area contributed by atoms with Gasteiger partial charge in [0.1, 0.15) is 5.78 Å². The molecule has 0 saturated heterocycles. The zero-order chi connectivity index (χ0) is 19.7. The van der Waals surface area contributed by atoms with Gasteiger partial charge >= 0.3 is 0 Å². The third kappa shape index (κ3) is 2.47. The van der Waals surface area contributed by atoms with Crippen LogP contribution in [0.5, 0.6) is 23.0 Å². The summed E-state index contributed by atoms with van der Waals surface area (Å²) in [6.45, 7) is 2.86. The molecule has 7 heteroatoms. The number of benzene rings is 2. The normalized spacial score (nSPS) is 25.9. The maximum Gasteiger partial charge on any atom is 0.231 e. The van der Waals surface area contributed by atoms with Crippen LogP contribution in [0.1, 0.15) is 41.1 Å². The molecule has 29 heavy (non-hydrogen) atoms. The van der Waals surface area contributed by atoms with E-state index in [9.17, 15) is 9.90 Å². The second kappa shape index (κ2) is 6.11. The molecule has 0 amide bonds. The van der Waals surface area contributed by atoms with Crippen molar-refractivity contribution in [3.05, 3.63) is 46.5 Å². The lowest BCUT2D eigenvalue weighted by atomic mass is 9.70. The number of hydrogen-bond donors (Lipinski definition) is 1. The Balaban J connectivity index is 1.54. The fraction of sp³-hybridized carbons (Fsp3) is 0.409. The standard InChI is InChI=1S/C22H21NO6/c1-11(24)7-23-8-15-13(2-3-17-22(15)29-10-26-17)20-16(25)4-12-5-18-19(28-9-27-18)6-14(12)21(20)23/h2-3,5-6,16,20-21,25H,4,7-10H2,1H3. The second-order valence-corrected chi connectivity index (χ2v) is 8.12. The summed E-state index contributed by atoms with van der Waals surface area (Å²) in [6, 6.07) is 7.82. The first-order valence-corrected chi connectivity index (χ1v) is 9.85. The van der Waals surface area contributed by atoms with E-state index >= 15 is 0 Å². The minimum Gasteiger partial charge on any atom is -0.454 e. The second-order valence-electron chi connectivity index (χ2n) is 8.12. The number of carbonyl (C=O) groups excluding carboxylic acids is 1. The van der Waals surface area contributed by atoms with Crippen LogP contribution in [0.4, 0.5) is 0 Å². The molecule has 0 spiro atoms. The van der Waals surface area contributed by atoms with Crippen molar-refractivity contribution in [3.63, 3.8) is 0 Å². The Bertz CT molecular complexity index is 1030. The molecule has 0 saturated carbocycles. The van der Waals surface area contributed by atoms with Crippen molar-refractivity contribution in [2.75, 3.05) is 20.1 Å². The number of fused-ring (bicyclic) bond motifs is 8. The van der Waals surface area contributed by atoms with Crippen molar-refractivity contribution in [1.82, 2.24) is 4.90 Å². The largest absolute Gasteiger partial charge is 0.454 e. The summed E-state index contributed by atoms with van der Waals surface area (Å²) < 4.78 is 22.4. The Kier molecular flexibility index (Phi) is 3.61. The van der Waals surface area contributed by atoms with Gasteiger partial charge in [-0.2, -0.15) is 0 Å². The van der Waals surface area contributed by atoms with Gasteiger partial charge in [-0.1, -0.05) is 6.07 Å². The predicted octanol–water partition coefficient (Wildman–Crippen LogP) is 2.29. The molecule has 1 aliphatic carbocycles. The zero-order valence-corrected chi connectivity index (χ0v) is 16.0. The van der Waals surface area contributed by atoms with Gasteiger partial charge < -0.3 is 24.1 Å². The van der Waals surface area contributed by atoms with Crippen LogP contribution in [0.15, 0.2) is 24.3 Å². The molecule has 0 radical (unpaired) electrons. The van der Waals surface area contributed by atoms with Crippen LogP contribution in [0.2, 0.25) is 0 Å². The lowest BCUT2D eigenvalue weighted by Crippen LogP contribution is -2.46. The Morgan fingerprint density at radius 1 is 1.07 bits per heavy atom. The van der Waals surface area contributed by atoms with Gasteiger partial charge in [0.25, 0.3) is 0 Å². The first-order valence-electron chi connectivity index (χ1n) is 9.85. The highest BCUT2D eigenvalue weighted by Crippen LogP contribution is 2.54. The maximum atomic E-state index is 12.1. The van der Waals surface area contributed by atoms with Crippen molar-refractivity contribution < 1.29 is 28.8 Å². The average Bonchev–Trinajstić information content (AvgIpc) is 3.34. The lowest BCUT2D eigenvalue weighted by Gasteiger charge is -2.47. The van der Waals surface area contributed by atoms with Crippen LogP contribution >= 0.6 is 0 Å². The summed E-state index contributed by atoms with van der Waals surface area (Å²) in [7, 11) is 0. The van der Waals surface area contributed by atoms with E-state index in [1.165, 1.54) is 0 Å². The van der Waals surface area contributed by atoms with Gasteiger partial charge in [0.15, 0.2) is 23.0 Å². The minimum atomic E-state index is -0.582. The van der Waals surface area contributed by atoms with Crippen LogP contribution in [0.3, 0.4) is 0 Å². The third-order valence-corrected chi connectivity index (χ3v) is 6.35. The lowest BCUT2D eigenvalue weighted by molar-refractivity contribution is -0.119. The average molecular weight is 395 g/mol. The topological polar surface area (TPSA) is 77.5 Å². The van der Waals surface area contributed by atoms with Crippen LogP contribution in [0.25, 0.3) is 0 Å². The Hall–Kier alpha value is -2.77. The molecule has 3 heterocycles. The molecule has 6 rings (SSSR count). The molecular formula is C22H21NO6. The molecule has 2 aromatic rings. The molecule has 7 nitrogen and oxygen atoms in total. The number of hydrogen-bond acceptors (Lipinski definition) is 7. The number of nitrogens with zero attached hydrogens (tertiary/aromatic N) is 1. The van der Waals surface area contributed by atoms with E-state index in [0.717, 1.165) is 39.5 Å². The molecule has 3 aliphatic heterocycles. The van der Waals surface area contributed by atoms with Gasteiger partial charge in [-0.3, -0.25) is 9.69 Å². The Morgan fingerprint density at radius 2 is 1.83 bits per heavy atom. The summed E-state index contributed by atoms with van der Waals surface area (Å²) >= 11 is 0. The van der Waals surface area contributed by atoms with E-state index in [2.05, 4.69) is 4.90 Å². The SMILES string of the molecule is CC(=O)CN1Cc2c(ccc3c2OCO3)C2C(O)Cc3cc4c(cc3C21)OCO4. The molecule has 1 N–H and O–H groups in total. The molecule has 4 aliphatic rings. The van der Waals surface area contributed by atoms with Gasteiger partial charge in [-0.05, 0) is 48.2 Å². The zero-order valence-electron chi connectivity index (χ0n) is 16.0. The highest BCUT2D eigenvalue weighted by Gasteiger charge is 2.46. The van der Waals surface area contributed by atoms with E-state index in [1.54, 1.807) is 6.92 Å². The number of aliphatic hydroxyl groups is 1. The molecule has 3 atom stereocenters. The third-order valence-electron chi connectivity index (χ3n) is 6.35. The summed E-state index contributed by atoms with van der Waals surface area (Å²) in [5.74, 6) is 2.81. The Morgan fingerprint density at radius 3 is 2.66 bits per heavy atom. The fourth-order valence-electron chi connectivity index (χ4n) is 5.27. The van der Waals surface area contributed by atoms with Gasteiger partial charge in [0.05, 0.1) is 12.6 Å². The summed E-state index contributed by atoms with van der Waals surface area (Å²) in [4.78, 5) is 14.2. The molecule has 3 unspecified atom stereocenters. The highest BCUT2D eigenvalue weighted by molar-refractivity contribution is 5.78. The van der Waals surface area contributed by atoms with E-state index < -0.39 is 6.10 Å². The smallest absolute Gasteiger partial charge is 0.231 e. The first kappa shape index (κ1) is 17.1. The van der Waals surface area contributed by atoms with Crippen molar-refractivity contribution in [2.45, 2.75) is 38.0 Å². The summed E-state index contributed by atoms with van der Waals surface area (Å²) in [5.41, 5.74) is 4.20. The Labute approximate surface area is 167 Å². The van der Waals surface area contributed by atoms with Crippen LogP contribution in [-0.4, -0.2) is 42.0 Å². The summed E-state index contributed by atoms with van der Waals surface area (Å²) in [6.07, 6.45) is -0.0590. The number of ether oxygens (including phenoxy) is 4. The number of rotatable bonds is 2. The van der Waals surface area contributed by atoms with Crippen LogP contribution in [-0.2, 0) is 17.8 Å². The van der Waals surface area contributed by atoms with Gasteiger partial charge in [-0.25, -0.2) is 0 Å². The quantitative estimate of drug-likeness (QED) is 0.836. The number of carbonyl (C=O) groups is 1. The van der Waals surface area contributed by atoms with Gasteiger partial charge in [-0.15, -0.1) is 0 Å². The molecule has 150 valence electrons. The van der Waals surface area contributed by atoms with Crippen LogP contribution in [0, 0.1) is 0 Å². The number of Topliss-reactive ketones (excluding diaryl/α,β-unsaturated/α-hetero) is 1. The molecule has 2 aromatic carbocycles. The van der Waals surface area contributed by atoms with Crippen molar-refractivity contribution in [2.24, 2.45) is 0 Å². The van der Waals surface area contributed by atoms with E-state index in [-0.39, 0.29) is 31.3 Å². The van der Waals surface area contributed by atoms with E-state index in [1.807, 2.05) is 24.3 Å². The van der Waals surface area contributed by atoms with Gasteiger partial charge in [0.2, 0.25) is 13.6 Å². The summed E-state index contributed by atoms with van der Waals surface area (Å²) in [5, 5.41) is 11.2. The maximum absolute atomic E-state index is 12.1. The fourth-order valence-corrected chi connectivity index (χ4v) is 5.27. The van der Waals surface area contributed by atoms with E-state index in [0.29, 0.717) is 25.3 Å². The first-order chi connectivity index (χ1) is 14.1.